The van der Waals surface area contributed by atoms with Crippen LogP contribution in [0.4, 0.5) is 5.00 Å². The van der Waals surface area contributed by atoms with E-state index in [0.717, 1.165) is 17.1 Å². The third kappa shape index (κ3) is 4.18. The first-order valence-corrected chi connectivity index (χ1v) is 11.5. The summed E-state index contributed by atoms with van der Waals surface area (Å²) in [5.74, 6) is 0.0155. The van der Waals surface area contributed by atoms with Crippen molar-refractivity contribution in [2.75, 3.05) is 18.4 Å². The number of nitrogens with one attached hydrogen (secondary N) is 1. The summed E-state index contributed by atoms with van der Waals surface area (Å²) in [7, 11) is 0. The quantitative estimate of drug-likeness (QED) is 0.711. The molecule has 2 aliphatic rings. The van der Waals surface area contributed by atoms with Gasteiger partial charge in [-0.05, 0) is 80.3 Å². The van der Waals surface area contributed by atoms with Gasteiger partial charge >= 0.3 is 0 Å². The molecule has 0 radical (unpaired) electrons. The molecule has 1 aromatic heterocycles. The molecule has 1 aromatic carbocycles. The SMILES string of the molecule is CC(C)(C)c1ccc(C(=O)Nc2sc3c(c2CN2CCCC2)CCCC3)cc1. The van der Waals surface area contributed by atoms with Crippen LogP contribution in [0, 0.1) is 0 Å². The number of thiophene rings is 1. The molecular weight excluding hydrogens is 364 g/mol. The molecule has 2 aromatic rings. The standard InChI is InChI=1S/C24H32N2OS/c1-24(2,3)18-12-10-17(11-13-18)22(27)25-23-20(16-26-14-6-7-15-26)19-8-4-5-9-21(19)28-23/h10-13H,4-9,14-16H2,1-3H3,(H,25,27). The minimum Gasteiger partial charge on any atom is -0.313 e. The summed E-state index contributed by atoms with van der Waals surface area (Å²) in [5, 5.41) is 4.36. The highest BCUT2D eigenvalue weighted by Gasteiger charge is 2.24. The number of anilines is 1. The number of rotatable bonds is 4. The number of hydrogen-bond donors (Lipinski definition) is 1. The summed E-state index contributed by atoms with van der Waals surface area (Å²) < 4.78 is 0. The molecule has 0 unspecified atom stereocenters. The number of carbonyl (C=O) groups is 1. The number of nitrogens with zero attached hydrogens (tertiary/aromatic N) is 1. The molecule has 1 aliphatic carbocycles. The molecule has 4 rings (SSSR count). The average molecular weight is 397 g/mol. The fourth-order valence-electron chi connectivity index (χ4n) is 4.36. The van der Waals surface area contributed by atoms with Crippen LogP contribution in [0.3, 0.4) is 0 Å². The summed E-state index contributed by atoms with van der Waals surface area (Å²) in [6.07, 6.45) is 7.49. The zero-order valence-corrected chi connectivity index (χ0v) is 18.3. The molecule has 4 heteroatoms. The average Bonchev–Trinajstić information content (AvgIpc) is 3.30. The second-order valence-electron chi connectivity index (χ2n) is 9.28. The second kappa shape index (κ2) is 8.00. The highest BCUT2D eigenvalue weighted by Crippen LogP contribution is 2.39. The summed E-state index contributed by atoms with van der Waals surface area (Å²) >= 11 is 1.82. The number of amides is 1. The maximum Gasteiger partial charge on any atom is 0.256 e. The molecule has 1 fully saturated rings. The van der Waals surface area contributed by atoms with E-state index in [0.29, 0.717) is 0 Å². The third-order valence-electron chi connectivity index (χ3n) is 6.10. The maximum atomic E-state index is 13.0. The van der Waals surface area contributed by atoms with Crippen molar-refractivity contribution in [2.24, 2.45) is 0 Å². The van der Waals surface area contributed by atoms with E-state index in [1.54, 1.807) is 0 Å². The van der Waals surface area contributed by atoms with Crippen LogP contribution in [0.25, 0.3) is 0 Å². The van der Waals surface area contributed by atoms with Crippen LogP contribution in [0.1, 0.15) is 78.4 Å². The lowest BCUT2D eigenvalue weighted by atomic mass is 9.87. The smallest absolute Gasteiger partial charge is 0.256 e. The van der Waals surface area contributed by atoms with Gasteiger partial charge in [-0.3, -0.25) is 9.69 Å². The van der Waals surface area contributed by atoms with Crippen molar-refractivity contribution in [1.29, 1.82) is 0 Å². The Morgan fingerprint density at radius 3 is 2.39 bits per heavy atom. The molecule has 1 N–H and O–H groups in total. The van der Waals surface area contributed by atoms with E-state index in [-0.39, 0.29) is 11.3 Å². The summed E-state index contributed by atoms with van der Waals surface area (Å²) in [5.41, 5.74) is 5.02. The van der Waals surface area contributed by atoms with Crippen molar-refractivity contribution < 1.29 is 4.79 Å². The fraction of sp³-hybridized carbons (Fsp3) is 0.542. The third-order valence-corrected chi connectivity index (χ3v) is 7.35. The van der Waals surface area contributed by atoms with Gasteiger partial charge in [-0.1, -0.05) is 32.9 Å². The molecule has 150 valence electrons. The van der Waals surface area contributed by atoms with Crippen LogP contribution >= 0.6 is 11.3 Å². The van der Waals surface area contributed by atoms with Crippen molar-refractivity contribution in [1.82, 2.24) is 4.90 Å². The lowest BCUT2D eigenvalue weighted by Crippen LogP contribution is -2.21. The van der Waals surface area contributed by atoms with Gasteiger partial charge in [0.15, 0.2) is 0 Å². The zero-order chi connectivity index (χ0) is 19.7. The Morgan fingerprint density at radius 1 is 1.04 bits per heavy atom. The van der Waals surface area contributed by atoms with Crippen molar-refractivity contribution in [3.63, 3.8) is 0 Å². The first-order chi connectivity index (χ1) is 13.4. The normalized spacial score (nSPS) is 17.5. The fourth-order valence-corrected chi connectivity index (χ4v) is 5.66. The van der Waals surface area contributed by atoms with Crippen molar-refractivity contribution in [2.45, 2.75) is 71.3 Å². The highest BCUT2D eigenvalue weighted by atomic mass is 32.1. The zero-order valence-electron chi connectivity index (χ0n) is 17.4. The van der Waals surface area contributed by atoms with Crippen LogP contribution in [-0.4, -0.2) is 23.9 Å². The van der Waals surface area contributed by atoms with Crippen molar-refractivity contribution in [3.8, 4) is 0 Å². The minimum absolute atomic E-state index is 0.0155. The van der Waals surface area contributed by atoms with Crippen LogP contribution < -0.4 is 5.32 Å². The largest absolute Gasteiger partial charge is 0.313 e. The Kier molecular flexibility index (Phi) is 5.62. The maximum absolute atomic E-state index is 13.0. The number of fused-ring (bicyclic) bond motifs is 1. The van der Waals surface area contributed by atoms with E-state index in [4.69, 9.17) is 0 Å². The van der Waals surface area contributed by atoms with E-state index in [2.05, 4.69) is 43.1 Å². The Balaban J connectivity index is 1.56. The lowest BCUT2D eigenvalue weighted by Gasteiger charge is -2.19. The van der Waals surface area contributed by atoms with E-state index in [9.17, 15) is 4.79 Å². The first kappa shape index (κ1) is 19.7. The molecule has 1 amide bonds. The van der Waals surface area contributed by atoms with Crippen molar-refractivity contribution in [3.05, 3.63) is 51.4 Å². The summed E-state index contributed by atoms with van der Waals surface area (Å²) in [6.45, 7) is 9.96. The number of carbonyl (C=O) groups excluding carboxylic acids is 1. The predicted molar refractivity (Wildman–Crippen MR) is 119 cm³/mol. The topological polar surface area (TPSA) is 32.3 Å². The van der Waals surface area contributed by atoms with E-state index in [1.807, 2.05) is 23.5 Å². The summed E-state index contributed by atoms with van der Waals surface area (Å²) in [6, 6.07) is 8.09. The predicted octanol–water partition coefficient (Wildman–Crippen LogP) is 5.77. The van der Waals surface area contributed by atoms with Gasteiger partial charge in [-0.15, -0.1) is 11.3 Å². The number of hydrogen-bond acceptors (Lipinski definition) is 3. The highest BCUT2D eigenvalue weighted by molar-refractivity contribution is 7.16. The lowest BCUT2D eigenvalue weighted by molar-refractivity contribution is 0.102. The van der Waals surface area contributed by atoms with E-state index < -0.39 is 0 Å². The molecule has 1 saturated heterocycles. The molecule has 28 heavy (non-hydrogen) atoms. The molecule has 1 aliphatic heterocycles. The molecular formula is C24H32N2OS. The number of likely N-dealkylation sites (tertiary alicyclic amines) is 1. The monoisotopic (exact) mass is 396 g/mol. The molecule has 2 heterocycles. The van der Waals surface area contributed by atoms with Crippen LogP contribution in [0.2, 0.25) is 0 Å². The van der Waals surface area contributed by atoms with Gasteiger partial charge in [0.1, 0.15) is 5.00 Å². The molecule has 0 bridgehead atoms. The van der Waals surface area contributed by atoms with E-state index in [1.165, 1.54) is 73.2 Å². The Labute approximate surface area is 173 Å². The first-order valence-electron chi connectivity index (χ1n) is 10.7. The van der Waals surface area contributed by atoms with Gasteiger partial charge < -0.3 is 5.32 Å². The molecule has 0 atom stereocenters. The van der Waals surface area contributed by atoms with Gasteiger partial charge in [0, 0.05) is 22.5 Å². The molecule has 0 saturated carbocycles. The Morgan fingerprint density at radius 2 is 1.71 bits per heavy atom. The van der Waals surface area contributed by atoms with Crippen LogP contribution in [0.15, 0.2) is 24.3 Å². The van der Waals surface area contributed by atoms with Gasteiger partial charge in [-0.25, -0.2) is 0 Å². The Bertz CT molecular complexity index is 839. The van der Waals surface area contributed by atoms with Gasteiger partial charge in [-0.2, -0.15) is 0 Å². The summed E-state index contributed by atoms with van der Waals surface area (Å²) in [4.78, 5) is 17.0. The molecule has 0 spiro atoms. The number of benzene rings is 1. The van der Waals surface area contributed by atoms with Gasteiger partial charge in [0.2, 0.25) is 0 Å². The molecule has 3 nitrogen and oxygen atoms in total. The van der Waals surface area contributed by atoms with Crippen LogP contribution in [0.5, 0.6) is 0 Å². The van der Waals surface area contributed by atoms with Crippen molar-refractivity contribution >= 4 is 22.2 Å². The van der Waals surface area contributed by atoms with Crippen LogP contribution in [-0.2, 0) is 24.8 Å². The van der Waals surface area contributed by atoms with E-state index >= 15 is 0 Å². The van der Waals surface area contributed by atoms with Gasteiger partial charge in [0.05, 0.1) is 0 Å². The Hall–Kier alpha value is -1.65. The minimum atomic E-state index is 0.0155. The van der Waals surface area contributed by atoms with Gasteiger partial charge in [0.25, 0.3) is 5.91 Å². The second-order valence-corrected chi connectivity index (χ2v) is 10.4. The number of aryl methyl sites for hydroxylation is 1.